The second-order valence-electron chi connectivity index (χ2n) is 39.7. The molecule has 670 valence electrons. The summed E-state index contributed by atoms with van der Waals surface area (Å²) in [4.78, 5) is 0. The average molecular weight is 1800 g/mol. The van der Waals surface area contributed by atoms with Crippen LogP contribution in [-0.4, -0.2) is 18.3 Å². The smallest absolute Gasteiger partial charge is 0.0547 e. The molecule has 5 heterocycles. The highest BCUT2D eigenvalue weighted by molar-refractivity contribution is 7.26. The summed E-state index contributed by atoms with van der Waals surface area (Å²) in [5, 5.41) is 13.1. The van der Waals surface area contributed by atoms with Crippen molar-refractivity contribution in [3.05, 3.63) is 457 Å². The molecule has 1 aliphatic rings. The molecule has 0 amide bonds. The number of aromatic nitrogens is 4. The highest BCUT2D eigenvalue weighted by Gasteiger charge is 2.28. The normalized spacial score (nSPS) is 12.1. The van der Waals surface area contributed by atoms with Gasteiger partial charge in [0.1, 0.15) is 0 Å². The Hall–Kier alpha value is -15.4. The number of thiophene rings is 1. The first-order valence-corrected chi connectivity index (χ1v) is 50.3. The van der Waals surface area contributed by atoms with E-state index in [9.17, 15) is 0 Å². The zero-order chi connectivity index (χ0) is 93.8. The molecule has 24 aromatic rings. The lowest BCUT2D eigenvalue weighted by molar-refractivity contribution is 0.867. The van der Waals surface area contributed by atoms with Crippen molar-refractivity contribution in [1.82, 2.24) is 18.3 Å². The van der Waals surface area contributed by atoms with Crippen LogP contribution in [0.3, 0.4) is 0 Å². The van der Waals surface area contributed by atoms with Gasteiger partial charge in [-0.2, -0.15) is 0 Å². The predicted molar refractivity (Wildman–Crippen MR) is 595 cm³/mol. The second-order valence-corrected chi connectivity index (χ2v) is 40.8. The van der Waals surface area contributed by atoms with Crippen LogP contribution in [0.15, 0.2) is 413 Å². The first kappa shape index (κ1) is 86.7. The van der Waals surface area contributed by atoms with Crippen molar-refractivity contribution in [2.75, 3.05) is 0 Å². The topological polar surface area (TPSA) is 19.7 Å². The predicted octanol–water partition coefficient (Wildman–Crippen LogP) is 38.1. The van der Waals surface area contributed by atoms with Crippen LogP contribution in [0.2, 0.25) is 0 Å². The van der Waals surface area contributed by atoms with Crippen LogP contribution in [-0.2, 0) is 6.42 Å². The Morgan fingerprint density at radius 1 is 0.188 bits per heavy atom. The molecule has 0 atom stereocenters. The molecule has 0 radical (unpaired) electrons. The van der Waals surface area contributed by atoms with Crippen LogP contribution in [0, 0.1) is 0 Å². The lowest BCUT2D eigenvalue weighted by Gasteiger charge is -2.19. The largest absolute Gasteiger partial charge is 0.309 e. The van der Waals surface area contributed by atoms with E-state index in [1.165, 1.54) is 253 Å². The minimum absolute atomic E-state index is 0.455. The van der Waals surface area contributed by atoms with Gasteiger partial charge in [-0.25, -0.2) is 0 Å². The van der Waals surface area contributed by atoms with E-state index in [0.717, 1.165) is 6.42 Å². The van der Waals surface area contributed by atoms with Gasteiger partial charge in [-0.05, 0) is 263 Å². The Morgan fingerprint density at radius 3 is 1.08 bits per heavy atom. The van der Waals surface area contributed by atoms with Gasteiger partial charge in [-0.1, -0.05) is 380 Å². The molecule has 5 aromatic heterocycles. The third-order valence-corrected chi connectivity index (χ3v) is 30.5. The number of nitrogens with zero attached hydrogens (tertiary/aromatic N) is 4. The summed E-state index contributed by atoms with van der Waals surface area (Å²) in [5.74, 6) is 2.78. The average Bonchev–Trinajstić information content (AvgIpc) is 1.65. The van der Waals surface area contributed by atoms with E-state index in [1.54, 1.807) is 0 Å². The SMILES string of the molecule is CC(C)c1ccc2c(c1)c1cc(C(C)C)ccc1n2-c1ccccc1-c1cccc(-c2ccc3c4ccccc4n(-c4ccccc4)c3c2)c1.CC(C)c1ccc2c(c1)c1ccc(C(C)C)cc1n2-c1ccccc1-c1ccccc1-c1cccc2c1-c1ccccc1C2.CC(C)c1ccc2c3ccc(C(C)C)cc3n(-c3ccccc3-c3cccc(-c4cccc5c4sc4ccccc45)c3)c2c1. The van der Waals surface area contributed by atoms with Crippen molar-refractivity contribution in [3.8, 4) is 101 Å². The first-order valence-electron chi connectivity index (χ1n) is 49.5. The number of para-hydroxylation sites is 5. The summed E-state index contributed by atoms with van der Waals surface area (Å²) in [6, 6.07) is 154. The van der Waals surface area contributed by atoms with E-state index < -0.39 is 0 Å². The Labute approximate surface area is 813 Å². The quantitative estimate of drug-likeness (QED) is 0.0919. The van der Waals surface area contributed by atoms with Crippen LogP contribution in [0.1, 0.15) is 163 Å². The summed E-state index contributed by atoms with van der Waals surface area (Å²) < 4.78 is 12.6. The highest BCUT2D eigenvalue weighted by Crippen LogP contribution is 2.51. The molecule has 0 saturated carbocycles. The van der Waals surface area contributed by atoms with Crippen molar-refractivity contribution < 1.29 is 0 Å². The maximum atomic E-state index is 2.51. The minimum atomic E-state index is 0.455. The monoisotopic (exact) mass is 1800 g/mol. The summed E-state index contributed by atoms with van der Waals surface area (Å²) in [7, 11) is 0. The van der Waals surface area contributed by atoms with Crippen LogP contribution in [0.4, 0.5) is 0 Å². The molecule has 4 nitrogen and oxygen atoms in total. The molecule has 0 aliphatic heterocycles. The molecule has 0 N–H and O–H groups in total. The minimum Gasteiger partial charge on any atom is -0.309 e. The van der Waals surface area contributed by atoms with Gasteiger partial charge in [0.2, 0.25) is 0 Å². The Kier molecular flexibility index (Phi) is 22.4. The van der Waals surface area contributed by atoms with Crippen molar-refractivity contribution in [2.45, 2.75) is 125 Å². The molecular weight excluding hydrogens is 1690 g/mol. The molecule has 19 aromatic carbocycles. The van der Waals surface area contributed by atoms with Crippen molar-refractivity contribution >= 4 is 119 Å². The van der Waals surface area contributed by atoms with E-state index in [1.807, 2.05) is 11.3 Å². The van der Waals surface area contributed by atoms with Gasteiger partial charge in [0, 0.05) is 85.6 Å². The first-order chi connectivity index (χ1) is 67.4. The molecule has 0 fully saturated rings. The molecule has 5 heteroatoms. The van der Waals surface area contributed by atoms with Gasteiger partial charge >= 0.3 is 0 Å². The van der Waals surface area contributed by atoms with Crippen molar-refractivity contribution in [2.24, 2.45) is 0 Å². The van der Waals surface area contributed by atoms with Crippen molar-refractivity contribution in [1.29, 1.82) is 0 Å². The molecule has 138 heavy (non-hydrogen) atoms. The number of benzene rings is 19. The molecule has 0 spiro atoms. The number of fused-ring (bicyclic) bond motifs is 18. The molecule has 0 unspecified atom stereocenters. The third-order valence-electron chi connectivity index (χ3n) is 29.3. The molecule has 1 aliphatic carbocycles. The van der Waals surface area contributed by atoms with Gasteiger partial charge in [-0.3, -0.25) is 0 Å². The van der Waals surface area contributed by atoms with Crippen LogP contribution < -0.4 is 0 Å². The lowest BCUT2D eigenvalue weighted by atomic mass is 9.88. The van der Waals surface area contributed by atoms with E-state index in [-0.39, 0.29) is 0 Å². The fourth-order valence-electron chi connectivity index (χ4n) is 21.9. The molecule has 25 rings (SSSR count). The van der Waals surface area contributed by atoms with E-state index in [0.29, 0.717) is 35.5 Å². The van der Waals surface area contributed by atoms with Crippen LogP contribution >= 0.6 is 11.3 Å². The standard InChI is InChI=1S/C48H40N2.C43H37N.C42H35NS/c1-31(2)33-22-25-46-42(28-33)43-29-34(32(3)4)23-26-47(43)50(46)44-19-10-8-17-39(44)37-14-12-13-35(27-37)36-21-24-41-40-18-9-11-20-45(40)49(48(41)30-36)38-15-6-5-7-16-38;1-27(2)29-21-23-41-39(25-29)37-22-20-30(28(3)4)26-42(37)44(41)40-19-10-9-17-36(40)34-15-7-8-16-35(34)38-18-11-13-32-24-31-12-5-6-14-33(31)43(32)38;1-26(2)28-19-21-34-35-22-20-29(27(3)4)25-40(35)43(39(34)24-28)38-17-7-5-13-32(38)30-11-9-12-31(23-30)33-15-10-16-37-36-14-6-8-18-41(36)44-42(33)37/h5-32H,1-4H3;5-23,25-28H,24H2,1-4H3;5-27H,1-4H3. The lowest BCUT2D eigenvalue weighted by Crippen LogP contribution is -1.99. The summed E-state index contributed by atoms with van der Waals surface area (Å²) in [5.41, 5.74) is 43.5. The number of hydrogen-bond acceptors (Lipinski definition) is 1. The maximum absolute atomic E-state index is 2.51. The molecular formula is C133H112N4S. The summed E-state index contributed by atoms with van der Waals surface area (Å²) in [6.45, 7) is 27.4. The Balaban J connectivity index is 0.000000116. The fourth-order valence-corrected chi connectivity index (χ4v) is 23.1. The zero-order valence-electron chi connectivity index (χ0n) is 80.6. The fraction of sp³-hybridized carbons (Fsp3) is 0.143. The molecule has 0 bridgehead atoms. The summed E-state index contributed by atoms with van der Waals surface area (Å²) in [6.07, 6.45) is 0.996. The van der Waals surface area contributed by atoms with E-state index in [2.05, 4.69) is 514 Å². The van der Waals surface area contributed by atoms with Crippen molar-refractivity contribution in [3.63, 3.8) is 0 Å². The Bertz CT molecular complexity index is 8760. The van der Waals surface area contributed by atoms with Gasteiger partial charge < -0.3 is 18.3 Å². The van der Waals surface area contributed by atoms with Gasteiger partial charge in [0.25, 0.3) is 0 Å². The summed E-state index contributed by atoms with van der Waals surface area (Å²) >= 11 is 1.89. The van der Waals surface area contributed by atoms with E-state index in [4.69, 9.17) is 0 Å². The second kappa shape index (κ2) is 35.7. The van der Waals surface area contributed by atoms with E-state index >= 15 is 0 Å². The zero-order valence-corrected chi connectivity index (χ0v) is 81.4. The molecule has 0 saturated heterocycles. The van der Waals surface area contributed by atoms with Gasteiger partial charge in [0.15, 0.2) is 0 Å². The number of rotatable bonds is 16. The highest BCUT2D eigenvalue weighted by atomic mass is 32.1. The third kappa shape index (κ3) is 15.2. The maximum Gasteiger partial charge on any atom is 0.0547 e. The van der Waals surface area contributed by atoms with Crippen LogP contribution in [0.25, 0.3) is 208 Å². The van der Waals surface area contributed by atoms with Crippen LogP contribution in [0.5, 0.6) is 0 Å². The Morgan fingerprint density at radius 2 is 0.522 bits per heavy atom. The number of hydrogen-bond donors (Lipinski definition) is 0. The van der Waals surface area contributed by atoms with Gasteiger partial charge in [0.05, 0.1) is 61.2 Å². The van der Waals surface area contributed by atoms with Gasteiger partial charge in [-0.15, -0.1) is 11.3 Å².